The SMILES string of the molecule is NC(=O)N1CCC(C(=O)N2CCCC2c2ccsc2)CC1. The zero-order valence-corrected chi connectivity index (χ0v) is 12.8. The Morgan fingerprint density at radius 3 is 2.57 bits per heavy atom. The highest BCUT2D eigenvalue weighted by atomic mass is 32.1. The average molecular weight is 307 g/mol. The third kappa shape index (κ3) is 2.90. The van der Waals surface area contributed by atoms with Crippen LogP contribution in [0, 0.1) is 5.92 Å². The summed E-state index contributed by atoms with van der Waals surface area (Å²) in [7, 11) is 0. The Labute approximate surface area is 128 Å². The van der Waals surface area contributed by atoms with Gasteiger partial charge in [0, 0.05) is 25.6 Å². The molecule has 21 heavy (non-hydrogen) atoms. The molecule has 2 aliphatic rings. The van der Waals surface area contributed by atoms with Crippen LogP contribution >= 0.6 is 11.3 Å². The van der Waals surface area contributed by atoms with Crippen LogP contribution in [-0.2, 0) is 4.79 Å². The number of likely N-dealkylation sites (tertiary alicyclic amines) is 2. The normalized spacial score (nSPS) is 23.5. The van der Waals surface area contributed by atoms with Crippen LogP contribution in [0.1, 0.15) is 37.3 Å². The van der Waals surface area contributed by atoms with Gasteiger partial charge in [0.05, 0.1) is 6.04 Å². The van der Waals surface area contributed by atoms with Crippen molar-refractivity contribution in [3.8, 4) is 0 Å². The van der Waals surface area contributed by atoms with Gasteiger partial charge >= 0.3 is 6.03 Å². The van der Waals surface area contributed by atoms with E-state index in [0.717, 1.165) is 32.2 Å². The number of hydrogen-bond acceptors (Lipinski definition) is 3. The number of nitrogens with two attached hydrogens (primary N) is 1. The molecule has 1 aromatic rings. The molecule has 114 valence electrons. The predicted molar refractivity (Wildman–Crippen MR) is 81.9 cm³/mol. The lowest BCUT2D eigenvalue weighted by molar-refractivity contribution is -0.137. The highest BCUT2D eigenvalue weighted by Gasteiger charge is 2.35. The van der Waals surface area contributed by atoms with Gasteiger partial charge in [-0.15, -0.1) is 0 Å². The van der Waals surface area contributed by atoms with E-state index in [4.69, 9.17) is 5.73 Å². The Bertz CT molecular complexity index is 509. The van der Waals surface area contributed by atoms with Crippen molar-refractivity contribution in [2.75, 3.05) is 19.6 Å². The molecule has 2 saturated heterocycles. The van der Waals surface area contributed by atoms with Crippen LogP contribution in [0.25, 0.3) is 0 Å². The number of carbonyl (C=O) groups excluding carboxylic acids is 2. The van der Waals surface area contributed by atoms with Gasteiger partial charge in [-0.2, -0.15) is 11.3 Å². The van der Waals surface area contributed by atoms with Crippen LogP contribution in [0.4, 0.5) is 4.79 Å². The Hall–Kier alpha value is -1.56. The molecule has 2 N–H and O–H groups in total. The number of carbonyl (C=O) groups is 2. The number of amides is 3. The summed E-state index contributed by atoms with van der Waals surface area (Å²) in [5.74, 6) is 0.299. The van der Waals surface area contributed by atoms with Crippen LogP contribution in [0.15, 0.2) is 16.8 Å². The van der Waals surface area contributed by atoms with Crippen molar-refractivity contribution in [2.45, 2.75) is 31.7 Å². The fourth-order valence-electron chi connectivity index (χ4n) is 3.42. The van der Waals surface area contributed by atoms with Gasteiger partial charge in [-0.3, -0.25) is 4.79 Å². The topological polar surface area (TPSA) is 66.6 Å². The summed E-state index contributed by atoms with van der Waals surface area (Å²) in [4.78, 5) is 27.6. The van der Waals surface area contributed by atoms with Crippen molar-refractivity contribution in [1.29, 1.82) is 0 Å². The largest absolute Gasteiger partial charge is 0.351 e. The second kappa shape index (κ2) is 6.05. The number of piperidine rings is 1. The van der Waals surface area contributed by atoms with Gasteiger partial charge < -0.3 is 15.5 Å². The van der Waals surface area contributed by atoms with Crippen molar-refractivity contribution >= 4 is 23.3 Å². The highest BCUT2D eigenvalue weighted by molar-refractivity contribution is 7.07. The van der Waals surface area contributed by atoms with Gasteiger partial charge in [0.15, 0.2) is 0 Å². The molecule has 6 heteroatoms. The van der Waals surface area contributed by atoms with Crippen molar-refractivity contribution in [3.05, 3.63) is 22.4 Å². The summed E-state index contributed by atoms with van der Waals surface area (Å²) in [5, 5.41) is 4.22. The first-order valence-corrected chi connectivity index (χ1v) is 8.48. The van der Waals surface area contributed by atoms with E-state index in [-0.39, 0.29) is 23.9 Å². The van der Waals surface area contributed by atoms with Gasteiger partial charge in [0.25, 0.3) is 0 Å². The highest BCUT2D eigenvalue weighted by Crippen LogP contribution is 2.35. The van der Waals surface area contributed by atoms with Crippen molar-refractivity contribution in [2.24, 2.45) is 11.7 Å². The average Bonchev–Trinajstić information content (AvgIpc) is 3.17. The van der Waals surface area contributed by atoms with Crippen molar-refractivity contribution < 1.29 is 9.59 Å². The molecule has 1 atom stereocenters. The summed E-state index contributed by atoms with van der Waals surface area (Å²) in [6.45, 7) is 2.06. The minimum atomic E-state index is -0.377. The van der Waals surface area contributed by atoms with Crippen LogP contribution in [-0.4, -0.2) is 41.4 Å². The van der Waals surface area contributed by atoms with Crippen molar-refractivity contribution in [3.63, 3.8) is 0 Å². The van der Waals surface area contributed by atoms with E-state index in [1.54, 1.807) is 16.2 Å². The minimum Gasteiger partial charge on any atom is -0.351 e. The molecular formula is C15H21N3O2S. The van der Waals surface area contributed by atoms with Gasteiger partial charge in [0.2, 0.25) is 5.91 Å². The smallest absolute Gasteiger partial charge is 0.314 e. The van der Waals surface area contributed by atoms with E-state index in [1.807, 2.05) is 4.90 Å². The molecule has 0 radical (unpaired) electrons. The van der Waals surface area contributed by atoms with E-state index < -0.39 is 0 Å². The minimum absolute atomic E-state index is 0.0415. The lowest BCUT2D eigenvalue weighted by Gasteiger charge is -2.34. The maximum atomic E-state index is 12.8. The van der Waals surface area contributed by atoms with E-state index in [1.165, 1.54) is 5.56 Å². The standard InChI is InChI=1S/C15H21N3O2S/c16-15(20)17-7-3-11(4-8-17)14(19)18-6-1-2-13(18)12-5-9-21-10-12/h5,9-11,13H,1-4,6-8H2,(H2,16,20). The molecule has 0 bridgehead atoms. The first kappa shape index (κ1) is 14.4. The summed E-state index contributed by atoms with van der Waals surface area (Å²) in [5.41, 5.74) is 6.55. The third-order valence-corrected chi connectivity index (χ3v) is 5.32. The molecule has 2 fully saturated rings. The number of thiophene rings is 1. The van der Waals surface area contributed by atoms with Crippen LogP contribution in [0.5, 0.6) is 0 Å². The Balaban J connectivity index is 1.64. The molecule has 1 aromatic heterocycles. The van der Waals surface area contributed by atoms with Gasteiger partial charge in [-0.1, -0.05) is 0 Å². The number of hydrogen-bond donors (Lipinski definition) is 1. The second-order valence-corrected chi connectivity index (χ2v) is 6.63. The first-order chi connectivity index (χ1) is 10.2. The van der Waals surface area contributed by atoms with E-state index in [9.17, 15) is 9.59 Å². The van der Waals surface area contributed by atoms with Gasteiger partial charge in [-0.25, -0.2) is 4.79 Å². The summed E-state index contributed by atoms with van der Waals surface area (Å²) < 4.78 is 0. The lowest BCUT2D eigenvalue weighted by Crippen LogP contribution is -2.45. The van der Waals surface area contributed by atoms with E-state index in [0.29, 0.717) is 13.1 Å². The first-order valence-electron chi connectivity index (χ1n) is 7.54. The monoisotopic (exact) mass is 307 g/mol. The van der Waals surface area contributed by atoms with Gasteiger partial charge in [0.1, 0.15) is 0 Å². The number of primary amides is 1. The zero-order chi connectivity index (χ0) is 14.8. The lowest BCUT2D eigenvalue weighted by atomic mass is 9.94. The summed E-state index contributed by atoms with van der Waals surface area (Å²) in [6, 6.07) is 1.99. The Morgan fingerprint density at radius 1 is 1.19 bits per heavy atom. The molecule has 0 spiro atoms. The fourth-order valence-corrected chi connectivity index (χ4v) is 4.13. The molecule has 3 rings (SSSR count). The second-order valence-electron chi connectivity index (χ2n) is 5.85. The zero-order valence-electron chi connectivity index (χ0n) is 12.0. The van der Waals surface area contributed by atoms with Crippen LogP contribution in [0.3, 0.4) is 0 Å². The third-order valence-electron chi connectivity index (χ3n) is 4.62. The predicted octanol–water partition coefficient (Wildman–Crippen LogP) is 2.20. The quantitative estimate of drug-likeness (QED) is 0.910. The summed E-state index contributed by atoms with van der Waals surface area (Å²) >= 11 is 1.68. The van der Waals surface area contributed by atoms with Crippen molar-refractivity contribution in [1.82, 2.24) is 9.80 Å². The van der Waals surface area contributed by atoms with Gasteiger partial charge in [-0.05, 0) is 48.1 Å². The van der Waals surface area contributed by atoms with E-state index in [2.05, 4.69) is 16.8 Å². The number of nitrogens with zero attached hydrogens (tertiary/aromatic N) is 2. The molecule has 1 unspecified atom stereocenters. The molecule has 0 aliphatic carbocycles. The molecule has 3 heterocycles. The molecule has 2 aliphatic heterocycles. The Kier molecular flexibility index (Phi) is 4.14. The maximum Gasteiger partial charge on any atom is 0.314 e. The summed E-state index contributed by atoms with van der Waals surface area (Å²) in [6.07, 6.45) is 3.60. The van der Waals surface area contributed by atoms with E-state index >= 15 is 0 Å². The van der Waals surface area contributed by atoms with Crippen LogP contribution < -0.4 is 5.73 Å². The number of rotatable bonds is 2. The maximum absolute atomic E-state index is 12.8. The number of urea groups is 1. The molecular weight excluding hydrogens is 286 g/mol. The van der Waals surface area contributed by atoms with Crippen LogP contribution in [0.2, 0.25) is 0 Å². The fraction of sp³-hybridized carbons (Fsp3) is 0.600. The Morgan fingerprint density at radius 2 is 1.95 bits per heavy atom. The molecule has 0 aromatic carbocycles. The molecule has 5 nitrogen and oxygen atoms in total. The molecule has 3 amide bonds. The molecule has 0 saturated carbocycles.